The van der Waals surface area contributed by atoms with E-state index < -0.39 is 5.82 Å². The van der Waals surface area contributed by atoms with Crippen molar-refractivity contribution in [3.05, 3.63) is 47.5 Å². The van der Waals surface area contributed by atoms with E-state index in [0.717, 1.165) is 18.8 Å². The van der Waals surface area contributed by atoms with Crippen LogP contribution in [0.2, 0.25) is 5.02 Å². The molecular formula is C28H38ClFN4O3. The predicted molar refractivity (Wildman–Crippen MR) is 148 cm³/mol. The van der Waals surface area contributed by atoms with Crippen LogP contribution < -0.4 is 15.8 Å². The molecule has 37 heavy (non-hydrogen) atoms. The molecule has 1 amide bonds. The summed E-state index contributed by atoms with van der Waals surface area (Å²) in [6.45, 7) is 6.30. The van der Waals surface area contributed by atoms with Gasteiger partial charge in [0.1, 0.15) is 12.1 Å². The number of nitrogens with zero attached hydrogens (tertiary/aromatic N) is 2. The van der Waals surface area contributed by atoms with Crippen LogP contribution in [0.15, 0.2) is 36.7 Å². The van der Waals surface area contributed by atoms with E-state index in [-0.39, 0.29) is 28.3 Å². The highest BCUT2D eigenvalue weighted by atomic mass is 35.5. The highest BCUT2D eigenvalue weighted by molar-refractivity contribution is 6.31. The molecule has 1 heterocycles. The second kappa shape index (κ2) is 15.2. The lowest BCUT2D eigenvalue weighted by Gasteiger charge is -2.15. The van der Waals surface area contributed by atoms with E-state index in [1.807, 2.05) is 13.8 Å². The van der Waals surface area contributed by atoms with Crippen molar-refractivity contribution in [2.24, 2.45) is 17.6 Å². The molecule has 0 bridgehead atoms. The number of carbonyl (C=O) groups is 1. The first-order chi connectivity index (χ1) is 17.7. The average molecular weight is 533 g/mol. The normalized spacial score (nSPS) is 13.3. The van der Waals surface area contributed by atoms with Crippen LogP contribution in [0.4, 0.5) is 15.9 Å². The molecule has 1 aromatic heterocycles. The van der Waals surface area contributed by atoms with E-state index in [1.54, 1.807) is 18.2 Å². The van der Waals surface area contributed by atoms with Crippen molar-refractivity contribution >= 4 is 39.9 Å². The summed E-state index contributed by atoms with van der Waals surface area (Å²) in [6.07, 6.45) is 10.5. The van der Waals surface area contributed by atoms with E-state index in [4.69, 9.17) is 22.1 Å². The number of nitrogens with two attached hydrogens (primary N) is 1. The van der Waals surface area contributed by atoms with Crippen molar-refractivity contribution in [2.45, 2.75) is 65.7 Å². The number of carbonyl (C=O) groups excluding carboxylic acids is 1. The van der Waals surface area contributed by atoms with Gasteiger partial charge in [0, 0.05) is 17.4 Å². The maximum Gasteiger partial charge on any atom is 0.220 e. The molecule has 1 aliphatic rings. The summed E-state index contributed by atoms with van der Waals surface area (Å²) in [4.78, 5) is 18.6. The molecule has 9 heteroatoms. The number of aromatic hydroxyl groups is 1. The minimum absolute atomic E-state index is 0.00729. The van der Waals surface area contributed by atoms with Gasteiger partial charge < -0.3 is 20.9 Å². The third-order valence-corrected chi connectivity index (χ3v) is 6.71. The zero-order chi connectivity index (χ0) is 27.4. The standard InChI is InChI=1S/C15H11ClFN3O2.C7H14.C6H13NO/c1-22-13-6-11-8(5-12(13)21)15(19-7-18-11)20-10-4-2-3-9(16)14(10)17;1-7-5-3-2-4-6-7;1-3-5(4-2)6(7)8/h2-7,21H,1H3,(H,18,19,20);7H,2-6H2,1H3;5H,3-4H2,1-2H3,(H2,7,8). The van der Waals surface area contributed by atoms with Crippen molar-refractivity contribution in [2.75, 3.05) is 12.4 Å². The summed E-state index contributed by atoms with van der Waals surface area (Å²) in [6, 6.07) is 7.65. The van der Waals surface area contributed by atoms with Crippen molar-refractivity contribution < 1.29 is 19.0 Å². The summed E-state index contributed by atoms with van der Waals surface area (Å²) in [5, 5.41) is 13.3. The van der Waals surface area contributed by atoms with E-state index in [0.29, 0.717) is 22.5 Å². The number of hydrogen-bond donors (Lipinski definition) is 3. The fourth-order valence-corrected chi connectivity index (χ4v) is 4.24. The van der Waals surface area contributed by atoms with Crippen LogP contribution in [0.1, 0.15) is 65.7 Å². The van der Waals surface area contributed by atoms with Gasteiger partial charge in [-0.1, -0.05) is 70.5 Å². The molecule has 0 radical (unpaired) electrons. The lowest BCUT2D eigenvalue weighted by molar-refractivity contribution is -0.121. The molecule has 0 saturated heterocycles. The van der Waals surface area contributed by atoms with Crippen LogP contribution in [0.3, 0.4) is 0 Å². The molecule has 0 aliphatic heterocycles. The number of rotatable bonds is 6. The Morgan fingerprint density at radius 3 is 2.41 bits per heavy atom. The van der Waals surface area contributed by atoms with Gasteiger partial charge in [0.25, 0.3) is 0 Å². The van der Waals surface area contributed by atoms with E-state index in [9.17, 15) is 14.3 Å². The molecule has 1 fully saturated rings. The van der Waals surface area contributed by atoms with Gasteiger partial charge in [0.2, 0.25) is 5.91 Å². The predicted octanol–water partition coefficient (Wildman–Crippen LogP) is 7.37. The molecule has 0 atom stereocenters. The summed E-state index contributed by atoms with van der Waals surface area (Å²) in [5.41, 5.74) is 5.75. The highest BCUT2D eigenvalue weighted by Gasteiger charge is 2.12. The summed E-state index contributed by atoms with van der Waals surface area (Å²) in [5.74, 6) is 0.974. The highest BCUT2D eigenvalue weighted by Crippen LogP contribution is 2.34. The first-order valence-electron chi connectivity index (χ1n) is 12.7. The molecule has 0 unspecified atom stereocenters. The lowest BCUT2D eigenvalue weighted by atomic mass is 9.91. The number of methoxy groups -OCH3 is 1. The Balaban J connectivity index is 0.000000263. The van der Waals surface area contributed by atoms with E-state index in [2.05, 4.69) is 22.2 Å². The SMILES string of the molecule is CC1CCCCC1.CCC(CC)C(N)=O.COc1cc2ncnc(Nc3cccc(Cl)c3F)c2cc1O. The molecule has 4 rings (SSSR count). The van der Waals surface area contributed by atoms with E-state index >= 15 is 0 Å². The Kier molecular flexibility index (Phi) is 12.4. The smallest absolute Gasteiger partial charge is 0.220 e. The lowest BCUT2D eigenvalue weighted by Crippen LogP contribution is -2.21. The fourth-order valence-electron chi connectivity index (χ4n) is 4.06. The maximum atomic E-state index is 14.0. The molecular weight excluding hydrogens is 495 g/mol. The van der Waals surface area contributed by atoms with Crippen LogP contribution in [0, 0.1) is 17.7 Å². The second-order valence-corrected chi connectivity index (χ2v) is 9.56. The van der Waals surface area contributed by atoms with Crippen molar-refractivity contribution in [3.63, 3.8) is 0 Å². The number of nitrogens with one attached hydrogen (secondary N) is 1. The molecule has 4 N–H and O–H groups in total. The van der Waals surface area contributed by atoms with Crippen LogP contribution in [-0.2, 0) is 4.79 Å². The van der Waals surface area contributed by atoms with Crippen LogP contribution in [0.5, 0.6) is 11.5 Å². The number of fused-ring (bicyclic) bond motifs is 1. The van der Waals surface area contributed by atoms with Gasteiger partial charge in [-0.15, -0.1) is 0 Å². The zero-order valence-corrected chi connectivity index (χ0v) is 22.8. The number of halogens is 2. The number of amides is 1. The Morgan fingerprint density at radius 1 is 1.22 bits per heavy atom. The minimum Gasteiger partial charge on any atom is -0.504 e. The van der Waals surface area contributed by atoms with Crippen molar-refractivity contribution in [3.8, 4) is 11.5 Å². The summed E-state index contributed by atoms with van der Waals surface area (Å²) in [7, 11) is 1.45. The van der Waals surface area contributed by atoms with Gasteiger partial charge in [-0.3, -0.25) is 4.79 Å². The van der Waals surface area contributed by atoms with Gasteiger partial charge in [-0.2, -0.15) is 0 Å². The van der Waals surface area contributed by atoms with Crippen molar-refractivity contribution in [1.82, 2.24) is 9.97 Å². The Bertz CT molecular complexity index is 1150. The Hall–Kier alpha value is -3.13. The topological polar surface area (TPSA) is 110 Å². The molecule has 7 nitrogen and oxygen atoms in total. The van der Waals surface area contributed by atoms with Gasteiger partial charge in [0.05, 0.1) is 23.3 Å². The molecule has 2 aromatic carbocycles. The first kappa shape index (κ1) is 30.1. The maximum absolute atomic E-state index is 14.0. The molecule has 1 saturated carbocycles. The van der Waals surface area contributed by atoms with Gasteiger partial charge in [-0.05, 0) is 37.0 Å². The monoisotopic (exact) mass is 532 g/mol. The van der Waals surface area contributed by atoms with Crippen LogP contribution in [-0.4, -0.2) is 28.1 Å². The number of aromatic nitrogens is 2. The number of hydrogen-bond acceptors (Lipinski definition) is 6. The second-order valence-electron chi connectivity index (χ2n) is 9.15. The molecule has 3 aromatic rings. The molecule has 1 aliphatic carbocycles. The Morgan fingerprint density at radius 2 is 1.89 bits per heavy atom. The number of primary amides is 1. The molecule has 202 valence electrons. The average Bonchev–Trinajstić information content (AvgIpc) is 2.88. The number of anilines is 2. The minimum atomic E-state index is -0.575. The Labute approximate surface area is 223 Å². The van der Waals surface area contributed by atoms with Crippen LogP contribution >= 0.6 is 11.6 Å². The third-order valence-electron chi connectivity index (χ3n) is 6.42. The number of phenols is 1. The van der Waals surface area contributed by atoms with Gasteiger partial charge in [0.15, 0.2) is 17.3 Å². The first-order valence-corrected chi connectivity index (χ1v) is 13.1. The van der Waals surface area contributed by atoms with E-state index in [1.165, 1.54) is 57.7 Å². The van der Waals surface area contributed by atoms with Gasteiger partial charge >= 0.3 is 0 Å². The number of benzene rings is 2. The van der Waals surface area contributed by atoms with Crippen LogP contribution in [0.25, 0.3) is 10.9 Å². The van der Waals surface area contributed by atoms with Gasteiger partial charge in [-0.25, -0.2) is 14.4 Å². The zero-order valence-electron chi connectivity index (χ0n) is 22.1. The van der Waals surface area contributed by atoms with Crippen molar-refractivity contribution in [1.29, 1.82) is 0 Å². The number of phenolic OH excluding ortho intramolecular Hbond substituents is 1. The summed E-state index contributed by atoms with van der Waals surface area (Å²) >= 11 is 5.76. The fraction of sp³-hybridized carbons (Fsp3) is 0.464. The molecule has 0 spiro atoms. The number of ether oxygens (including phenoxy) is 1. The quantitative estimate of drug-likeness (QED) is 0.305. The largest absolute Gasteiger partial charge is 0.504 e. The third kappa shape index (κ3) is 9.04. The summed E-state index contributed by atoms with van der Waals surface area (Å²) < 4.78 is 19.0.